The van der Waals surface area contributed by atoms with Crippen molar-refractivity contribution >= 4 is 17.5 Å². The molecule has 1 aromatic carbocycles. The predicted molar refractivity (Wildman–Crippen MR) is 83.2 cm³/mol. The second-order valence-electron chi connectivity index (χ2n) is 5.16. The van der Waals surface area contributed by atoms with Crippen molar-refractivity contribution in [2.45, 2.75) is 6.92 Å². The van der Waals surface area contributed by atoms with Gasteiger partial charge in [-0.1, -0.05) is 12.1 Å². The molecule has 0 unspecified atom stereocenters. The number of anilines is 2. The third kappa shape index (κ3) is 3.40. The van der Waals surface area contributed by atoms with Crippen molar-refractivity contribution < 1.29 is 9.53 Å². The smallest absolute Gasteiger partial charge is 0.272 e. The second kappa shape index (κ2) is 6.53. The van der Waals surface area contributed by atoms with Crippen molar-refractivity contribution in [1.82, 2.24) is 14.9 Å². The normalized spacial score (nSPS) is 14.7. The van der Waals surface area contributed by atoms with Gasteiger partial charge in [0.25, 0.3) is 5.91 Å². The van der Waals surface area contributed by atoms with Gasteiger partial charge in [0.2, 0.25) is 5.95 Å². The summed E-state index contributed by atoms with van der Waals surface area (Å²) in [4.78, 5) is 22.7. The van der Waals surface area contributed by atoms with Crippen LogP contribution in [0.25, 0.3) is 0 Å². The van der Waals surface area contributed by atoms with Crippen LogP contribution in [-0.4, -0.2) is 47.1 Å². The van der Waals surface area contributed by atoms with Crippen molar-refractivity contribution in [2.24, 2.45) is 0 Å². The van der Waals surface area contributed by atoms with Gasteiger partial charge in [-0.25, -0.2) is 9.97 Å². The number of rotatable bonds is 3. The summed E-state index contributed by atoms with van der Waals surface area (Å²) in [6.07, 6.45) is 1.60. The Bertz CT molecular complexity index is 669. The maximum absolute atomic E-state index is 12.4. The minimum atomic E-state index is -0.0852. The number of carbonyl (C=O) groups excluding carboxylic acids is 1. The summed E-state index contributed by atoms with van der Waals surface area (Å²) in [6.45, 7) is 4.37. The molecule has 1 N–H and O–H groups in total. The quantitative estimate of drug-likeness (QED) is 0.938. The highest BCUT2D eigenvalue weighted by molar-refractivity contribution is 5.92. The van der Waals surface area contributed by atoms with Crippen LogP contribution in [0.3, 0.4) is 0 Å². The van der Waals surface area contributed by atoms with E-state index in [4.69, 9.17) is 4.74 Å². The maximum Gasteiger partial charge on any atom is 0.272 e. The van der Waals surface area contributed by atoms with Gasteiger partial charge >= 0.3 is 0 Å². The predicted octanol–water partition coefficient (Wildman–Crippen LogP) is 2.00. The third-order valence-corrected chi connectivity index (χ3v) is 3.45. The molecule has 0 aliphatic carbocycles. The van der Waals surface area contributed by atoms with Gasteiger partial charge in [-0.15, -0.1) is 0 Å². The van der Waals surface area contributed by atoms with Crippen LogP contribution in [0.4, 0.5) is 11.6 Å². The Kier molecular flexibility index (Phi) is 4.29. The number of nitrogens with one attached hydrogen (secondary N) is 1. The molecule has 2 aromatic rings. The molecule has 0 bridgehead atoms. The summed E-state index contributed by atoms with van der Waals surface area (Å²) in [6, 6.07) is 9.55. The minimum absolute atomic E-state index is 0.0852. The third-order valence-electron chi connectivity index (χ3n) is 3.45. The molecule has 0 radical (unpaired) electrons. The van der Waals surface area contributed by atoms with Gasteiger partial charge in [0.1, 0.15) is 5.69 Å². The number of benzene rings is 1. The van der Waals surface area contributed by atoms with Crippen LogP contribution < -0.4 is 5.32 Å². The number of carbonyl (C=O) groups is 1. The molecule has 0 atom stereocenters. The zero-order chi connectivity index (χ0) is 15.4. The van der Waals surface area contributed by atoms with E-state index in [9.17, 15) is 4.79 Å². The molecule has 1 aliphatic rings. The second-order valence-corrected chi connectivity index (χ2v) is 5.16. The average Bonchev–Trinajstić information content (AvgIpc) is 2.55. The zero-order valence-corrected chi connectivity index (χ0v) is 12.5. The molecule has 2 heterocycles. The number of morpholine rings is 1. The molecule has 22 heavy (non-hydrogen) atoms. The van der Waals surface area contributed by atoms with Crippen molar-refractivity contribution in [3.63, 3.8) is 0 Å². The van der Waals surface area contributed by atoms with Crippen LogP contribution in [0.5, 0.6) is 0 Å². The highest BCUT2D eigenvalue weighted by Gasteiger charge is 2.20. The van der Waals surface area contributed by atoms with E-state index in [0.29, 0.717) is 37.9 Å². The lowest BCUT2D eigenvalue weighted by Crippen LogP contribution is -2.41. The highest BCUT2D eigenvalue weighted by Crippen LogP contribution is 2.15. The van der Waals surface area contributed by atoms with Gasteiger partial charge in [0, 0.05) is 25.0 Å². The Hall–Kier alpha value is -2.47. The fraction of sp³-hybridized carbons (Fsp3) is 0.312. The van der Waals surface area contributed by atoms with Crippen LogP contribution in [0.1, 0.15) is 16.1 Å². The van der Waals surface area contributed by atoms with Crippen LogP contribution in [0.15, 0.2) is 36.5 Å². The number of aryl methyl sites for hydroxylation is 1. The van der Waals surface area contributed by atoms with Gasteiger partial charge in [-0.3, -0.25) is 4.79 Å². The molecule has 3 rings (SSSR count). The van der Waals surface area contributed by atoms with Crippen LogP contribution in [0.2, 0.25) is 0 Å². The average molecular weight is 298 g/mol. The molecule has 1 aliphatic heterocycles. The van der Waals surface area contributed by atoms with Crippen molar-refractivity contribution in [3.8, 4) is 0 Å². The zero-order valence-electron chi connectivity index (χ0n) is 12.5. The number of nitrogens with zero attached hydrogens (tertiary/aromatic N) is 3. The summed E-state index contributed by atoms with van der Waals surface area (Å²) in [7, 11) is 0. The number of aromatic nitrogens is 2. The van der Waals surface area contributed by atoms with Crippen LogP contribution >= 0.6 is 0 Å². The number of hydrogen-bond acceptors (Lipinski definition) is 5. The highest BCUT2D eigenvalue weighted by atomic mass is 16.5. The van der Waals surface area contributed by atoms with E-state index in [0.717, 1.165) is 11.3 Å². The van der Waals surface area contributed by atoms with Gasteiger partial charge in [-0.05, 0) is 30.7 Å². The molecular formula is C16H18N4O2. The van der Waals surface area contributed by atoms with Crippen LogP contribution in [0, 0.1) is 6.92 Å². The molecule has 1 amide bonds. The molecule has 6 nitrogen and oxygen atoms in total. The fourth-order valence-electron chi connectivity index (χ4n) is 2.32. The molecule has 1 aromatic heterocycles. The molecular weight excluding hydrogens is 280 g/mol. The first-order valence-electron chi connectivity index (χ1n) is 7.26. The van der Waals surface area contributed by atoms with E-state index in [2.05, 4.69) is 15.3 Å². The van der Waals surface area contributed by atoms with Gasteiger partial charge in [0.15, 0.2) is 0 Å². The Morgan fingerprint density at radius 2 is 2.09 bits per heavy atom. The van der Waals surface area contributed by atoms with Crippen molar-refractivity contribution in [3.05, 3.63) is 47.8 Å². The topological polar surface area (TPSA) is 67.4 Å². The summed E-state index contributed by atoms with van der Waals surface area (Å²) >= 11 is 0. The van der Waals surface area contributed by atoms with Gasteiger partial charge in [0.05, 0.1) is 13.2 Å². The maximum atomic E-state index is 12.4. The SMILES string of the molecule is Cc1cccc(Nc2nccc(C(=O)N3CCOCC3)n2)c1. The Balaban J connectivity index is 1.75. The van der Waals surface area contributed by atoms with Crippen LogP contribution in [-0.2, 0) is 4.74 Å². The van der Waals surface area contributed by atoms with E-state index in [1.807, 2.05) is 31.2 Å². The Morgan fingerprint density at radius 3 is 2.86 bits per heavy atom. The van der Waals surface area contributed by atoms with E-state index >= 15 is 0 Å². The standard InChI is InChI=1S/C16H18N4O2/c1-12-3-2-4-13(11-12)18-16-17-6-5-14(19-16)15(21)20-7-9-22-10-8-20/h2-6,11H,7-10H2,1H3,(H,17,18,19). The lowest BCUT2D eigenvalue weighted by atomic mass is 10.2. The number of hydrogen-bond donors (Lipinski definition) is 1. The lowest BCUT2D eigenvalue weighted by Gasteiger charge is -2.26. The Morgan fingerprint density at radius 1 is 1.27 bits per heavy atom. The monoisotopic (exact) mass is 298 g/mol. The lowest BCUT2D eigenvalue weighted by molar-refractivity contribution is 0.0299. The molecule has 0 saturated carbocycles. The van der Waals surface area contributed by atoms with Gasteiger partial charge in [-0.2, -0.15) is 0 Å². The van der Waals surface area contributed by atoms with Crippen molar-refractivity contribution in [2.75, 3.05) is 31.6 Å². The van der Waals surface area contributed by atoms with E-state index in [-0.39, 0.29) is 5.91 Å². The minimum Gasteiger partial charge on any atom is -0.378 e. The van der Waals surface area contributed by atoms with E-state index < -0.39 is 0 Å². The molecule has 0 spiro atoms. The number of amides is 1. The first kappa shape index (κ1) is 14.5. The number of ether oxygens (including phenoxy) is 1. The van der Waals surface area contributed by atoms with Gasteiger partial charge < -0.3 is 15.0 Å². The molecule has 1 saturated heterocycles. The van der Waals surface area contributed by atoms with E-state index in [1.54, 1.807) is 17.2 Å². The molecule has 6 heteroatoms. The van der Waals surface area contributed by atoms with Crippen molar-refractivity contribution in [1.29, 1.82) is 0 Å². The largest absolute Gasteiger partial charge is 0.378 e. The first-order chi connectivity index (χ1) is 10.7. The van der Waals surface area contributed by atoms with E-state index in [1.165, 1.54) is 0 Å². The summed E-state index contributed by atoms with van der Waals surface area (Å²) < 4.78 is 5.26. The summed E-state index contributed by atoms with van der Waals surface area (Å²) in [5, 5.41) is 3.13. The molecule has 1 fully saturated rings. The summed E-state index contributed by atoms with van der Waals surface area (Å²) in [5.74, 6) is 0.336. The fourth-order valence-corrected chi connectivity index (χ4v) is 2.32. The first-order valence-corrected chi connectivity index (χ1v) is 7.26. The Labute approximate surface area is 129 Å². The summed E-state index contributed by atoms with van der Waals surface area (Å²) in [5.41, 5.74) is 2.44. The molecule has 114 valence electrons.